The first-order valence-electron chi connectivity index (χ1n) is 6.91. The summed E-state index contributed by atoms with van der Waals surface area (Å²) < 4.78 is 0. The molecule has 0 aliphatic heterocycles. The molecule has 0 aromatic carbocycles. The van der Waals surface area contributed by atoms with Crippen LogP contribution in [-0.2, 0) is 0 Å². The molecule has 0 amide bonds. The lowest BCUT2D eigenvalue weighted by Gasteiger charge is -2.54. The lowest BCUT2D eigenvalue weighted by Crippen LogP contribution is -2.54. The fourth-order valence-corrected chi connectivity index (χ4v) is 4.06. The average Bonchev–Trinajstić information content (AvgIpc) is 2.23. The lowest BCUT2D eigenvalue weighted by molar-refractivity contribution is -0.120. The molecule has 0 bridgehead atoms. The van der Waals surface area contributed by atoms with Crippen LogP contribution in [0.3, 0.4) is 0 Å². The summed E-state index contributed by atoms with van der Waals surface area (Å²) in [5.41, 5.74) is 0.996. The largest absolute Gasteiger partial charge is 0.393 e. The van der Waals surface area contributed by atoms with E-state index in [1.165, 1.54) is 0 Å². The highest BCUT2D eigenvalue weighted by atomic mass is 16.3. The summed E-state index contributed by atoms with van der Waals surface area (Å²) in [6.45, 7) is 10.6. The highest BCUT2D eigenvalue weighted by molar-refractivity contribution is 5.17. The van der Waals surface area contributed by atoms with Crippen molar-refractivity contribution in [1.29, 1.82) is 0 Å². The van der Waals surface area contributed by atoms with Gasteiger partial charge in [-0.15, -0.1) is 0 Å². The summed E-state index contributed by atoms with van der Waals surface area (Å²) in [5.74, 6) is 0.948. The highest BCUT2D eigenvalue weighted by Gasteiger charge is 2.52. The predicted octanol–water partition coefficient (Wildman–Crippen LogP) is 2.75. The number of hydrogen-bond donors (Lipinski definition) is 2. The zero-order valence-corrected chi connectivity index (χ0v) is 11.3. The second-order valence-electron chi connectivity index (χ2n) is 6.63. The third kappa shape index (κ3) is 1.96. The zero-order valence-electron chi connectivity index (χ0n) is 11.3. The van der Waals surface area contributed by atoms with Crippen LogP contribution in [0.2, 0.25) is 0 Å². The SMILES string of the molecule is C=C1CC[C@@H](O)[C@@]2(C)CC[C@@H](C(C)C)[C@H](O)[C@H]12. The first-order valence-corrected chi connectivity index (χ1v) is 6.91. The Hall–Kier alpha value is -0.340. The maximum absolute atomic E-state index is 10.6. The maximum atomic E-state index is 10.6. The number of aliphatic hydroxyl groups is 2. The molecule has 17 heavy (non-hydrogen) atoms. The minimum atomic E-state index is -0.323. The summed E-state index contributed by atoms with van der Waals surface area (Å²) in [6, 6.07) is 0. The standard InChI is InChI=1S/C15H26O2/c1-9(2)11-7-8-15(4)12(16)6-5-10(3)13(15)14(11)17/h9,11-14,16-17H,3,5-8H2,1-2,4H3/t11-,12+,13-,14-,15+/m0/s1. The maximum Gasteiger partial charge on any atom is 0.0642 e. The number of aliphatic hydroxyl groups excluding tert-OH is 2. The predicted molar refractivity (Wildman–Crippen MR) is 69.5 cm³/mol. The lowest BCUT2D eigenvalue weighted by atomic mass is 9.53. The van der Waals surface area contributed by atoms with Gasteiger partial charge in [-0.25, -0.2) is 0 Å². The molecule has 5 atom stereocenters. The van der Waals surface area contributed by atoms with Crippen LogP contribution < -0.4 is 0 Å². The first-order chi connectivity index (χ1) is 7.88. The molecule has 2 N–H and O–H groups in total. The van der Waals surface area contributed by atoms with Crippen molar-refractivity contribution in [3.63, 3.8) is 0 Å². The van der Waals surface area contributed by atoms with Crippen molar-refractivity contribution in [1.82, 2.24) is 0 Å². The van der Waals surface area contributed by atoms with Gasteiger partial charge in [0.05, 0.1) is 12.2 Å². The van der Waals surface area contributed by atoms with Crippen LogP contribution in [0.5, 0.6) is 0 Å². The quantitative estimate of drug-likeness (QED) is 0.690. The summed E-state index contributed by atoms with van der Waals surface area (Å²) in [4.78, 5) is 0. The van der Waals surface area contributed by atoms with Gasteiger partial charge in [-0.1, -0.05) is 32.9 Å². The molecule has 2 aliphatic carbocycles. The van der Waals surface area contributed by atoms with Gasteiger partial charge in [-0.05, 0) is 37.5 Å². The topological polar surface area (TPSA) is 40.5 Å². The Bertz CT molecular complexity index is 310. The van der Waals surface area contributed by atoms with Gasteiger partial charge in [0.1, 0.15) is 0 Å². The molecule has 0 spiro atoms. The molecule has 2 fully saturated rings. The van der Waals surface area contributed by atoms with Crippen molar-refractivity contribution < 1.29 is 10.2 Å². The zero-order chi connectivity index (χ0) is 12.8. The third-order valence-electron chi connectivity index (χ3n) is 5.30. The Morgan fingerprint density at radius 1 is 1.29 bits per heavy atom. The van der Waals surface area contributed by atoms with Crippen molar-refractivity contribution in [2.24, 2.45) is 23.2 Å². The molecule has 2 saturated carbocycles. The summed E-state index contributed by atoms with van der Waals surface area (Å²) in [6.07, 6.45) is 3.11. The van der Waals surface area contributed by atoms with Crippen LogP contribution in [0.1, 0.15) is 46.5 Å². The van der Waals surface area contributed by atoms with E-state index in [1.54, 1.807) is 0 Å². The first kappa shape index (κ1) is 13.1. The van der Waals surface area contributed by atoms with Gasteiger partial charge in [0.25, 0.3) is 0 Å². The van der Waals surface area contributed by atoms with Crippen molar-refractivity contribution in [3.05, 3.63) is 12.2 Å². The van der Waals surface area contributed by atoms with E-state index < -0.39 is 0 Å². The van der Waals surface area contributed by atoms with Gasteiger partial charge in [0.15, 0.2) is 0 Å². The Morgan fingerprint density at radius 3 is 2.53 bits per heavy atom. The van der Waals surface area contributed by atoms with Crippen LogP contribution >= 0.6 is 0 Å². The van der Waals surface area contributed by atoms with Gasteiger partial charge in [0.2, 0.25) is 0 Å². The van der Waals surface area contributed by atoms with Crippen LogP contribution in [0.25, 0.3) is 0 Å². The second kappa shape index (κ2) is 4.40. The van der Waals surface area contributed by atoms with Crippen molar-refractivity contribution >= 4 is 0 Å². The fraction of sp³-hybridized carbons (Fsp3) is 0.867. The second-order valence-corrected chi connectivity index (χ2v) is 6.63. The summed E-state index contributed by atoms with van der Waals surface area (Å²) in [7, 11) is 0. The summed E-state index contributed by atoms with van der Waals surface area (Å²) in [5, 5.41) is 20.9. The van der Waals surface area contributed by atoms with Crippen molar-refractivity contribution in [2.75, 3.05) is 0 Å². The molecule has 0 heterocycles. The molecule has 2 rings (SSSR count). The van der Waals surface area contributed by atoms with Gasteiger partial charge in [-0.2, -0.15) is 0 Å². The normalized spacial score (nSPS) is 47.1. The molecule has 2 aliphatic rings. The number of rotatable bonds is 1. The molecule has 98 valence electrons. The van der Waals surface area contributed by atoms with Crippen LogP contribution in [0.15, 0.2) is 12.2 Å². The van der Waals surface area contributed by atoms with E-state index in [9.17, 15) is 10.2 Å². The van der Waals surface area contributed by atoms with E-state index in [0.717, 1.165) is 31.3 Å². The molecule has 0 aromatic rings. The molecular formula is C15H26O2. The minimum Gasteiger partial charge on any atom is -0.393 e. The van der Waals surface area contributed by atoms with Gasteiger partial charge < -0.3 is 10.2 Å². The smallest absolute Gasteiger partial charge is 0.0642 e. The molecular weight excluding hydrogens is 212 g/mol. The molecule has 0 unspecified atom stereocenters. The molecule has 0 saturated heterocycles. The van der Waals surface area contributed by atoms with Crippen LogP contribution in [0, 0.1) is 23.2 Å². The van der Waals surface area contributed by atoms with E-state index in [4.69, 9.17) is 0 Å². The Morgan fingerprint density at radius 2 is 1.94 bits per heavy atom. The fourth-order valence-electron chi connectivity index (χ4n) is 4.06. The van der Waals surface area contributed by atoms with Crippen LogP contribution in [0.4, 0.5) is 0 Å². The van der Waals surface area contributed by atoms with Crippen molar-refractivity contribution in [2.45, 2.75) is 58.7 Å². The Labute approximate surface area is 105 Å². The van der Waals surface area contributed by atoms with Crippen LogP contribution in [-0.4, -0.2) is 22.4 Å². The molecule has 2 nitrogen and oxygen atoms in total. The van der Waals surface area contributed by atoms with E-state index in [-0.39, 0.29) is 23.5 Å². The van der Waals surface area contributed by atoms with E-state index >= 15 is 0 Å². The van der Waals surface area contributed by atoms with E-state index in [1.807, 2.05) is 0 Å². The molecule has 0 aromatic heterocycles. The van der Waals surface area contributed by atoms with E-state index in [2.05, 4.69) is 27.4 Å². The third-order valence-corrected chi connectivity index (χ3v) is 5.30. The van der Waals surface area contributed by atoms with Crippen molar-refractivity contribution in [3.8, 4) is 0 Å². The molecule has 0 radical (unpaired) electrons. The van der Waals surface area contributed by atoms with Gasteiger partial charge in [0, 0.05) is 11.3 Å². The average molecular weight is 238 g/mol. The molecule has 2 heteroatoms. The summed E-state index contributed by atoms with van der Waals surface area (Å²) >= 11 is 0. The van der Waals surface area contributed by atoms with E-state index in [0.29, 0.717) is 11.8 Å². The Kier molecular flexibility index (Phi) is 3.39. The van der Waals surface area contributed by atoms with Gasteiger partial charge >= 0.3 is 0 Å². The highest BCUT2D eigenvalue weighted by Crippen LogP contribution is 2.54. The number of fused-ring (bicyclic) bond motifs is 1. The minimum absolute atomic E-state index is 0.0902. The Balaban J connectivity index is 2.29. The number of hydrogen-bond acceptors (Lipinski definition) is 2. The monoisotopic (exact) mass is 238 g/mol. The van der Waals surface area contributed by atoms with Gasteiger partial charge in [-0.3, -0.25) is 0 Å².